The van der Waals surface area contributed by atoms with Crippen molar-refractivity contribution in [2.75, 3.05) is 27.2 Å². The molecule has 1 aromatic rings. The summed E-state index contributed by atoms with van der Waals surface area (Å²) in [5.41, 5.74) is 0.640. The molecule has 3 rings (SSSR count). The van der Waals surface area contributed by atoms with Crippen LogP contribution in [0, 0.1) is 0 Å². The molecule has 0 spiro atoms. The van der Waals surface area contributed by atoms with Crippen LogP contribution in [-0.2, 0) is 0 Å². The maximum atomic E-state index is 12.8. The second kappa shape index (κ2) is 6.73. The predicted molar refractivity (Wildman–Crippen MR) is 85.9 cm³/mol. The summed E-state index contributed by atoms with van der Waals surface area (Å²) in [6.07, 6.45) is 10.3. The van der Waals surface area contributed by atoms with Crippen LogP contribution in [0.2, 0.25) is 0 Å². The molecule has 1 saturated heterocycles. The van der Waals surface area contributed by atoms with Crippen molar-refractivity contribution in [3.63, 3.8) is 0 Å². The fourth-order valence-electron chi connectivity index (χ4n) is 3.14. The third-order valence-electron chi connectivity index (χ3n) is 4.66. The van der Waals surface area contributed by atoms with Gasteiger partial charge in [-0.2, -0.15) is 0 Å². The van der Waals surface area contributed by atoms with Crippen molar-refractivity contribution in [2.45, 2.75) is 50.5 Å². The van der Waals surface area contributed by atoms with Crippen molar-refractivity contribution in [1.29, 1.82) is 0 Å². The summed E-state index contributed by atoms with van der Waals surface area (Å²) in [4.78, 5) is 25.8. The van der Waals surface area contributed by atoms with Crippen LogP contribution in [0.5, 0.6) is 0 Å². The summed E-state index contributed by atoms with van der Waals surface area (Å²) in [6.45, 7) is 1.88. The van der Waals surface area contributed by atoms with Crippen molar-refractivity contribution in [3.8, 4) is 0 Å². The van der Waals surface area contributed by atoms with Crippen LogP contribution < -0.4 is 0 Å². The quantitative estimate of drug-likeness (QED) is 0.837. The van der Waals surface area contributed by atoms with E-state index in [4.69, 9.17) is 0 Å². The number of carbonyl (C=O) groups is 1. The topological polar surface area (TPSA) is 49.3 Å². The molecule has 5 heteroatoms. The number of carbonyl (C=O) groups excluding carboxylic acids is 1. The lowest BCUT2D eigenvalue weighted by atomic mass is 9.98. The fourth-order valence-corrected chi connectivity index (χ4v) is 3.14. The highest BCUT2D eigenvalue weighted by Crippen LogP contribution is 2.37. The Labute approximate surface area is 132 Å². The van der Waals surface area contributed by atoms with E-state index in [-0.39, 0.29) is 5.91 Å². The minimum absolute atomic E-state index is 0.103. The third-order valence-corrected chi connectivity index (χ3v) is 4.66. The number of rotatable bonds is 5. The van der Waals surface area contributed by atoms with Gasteiger partial charge in [-0.15, -0.1) is 0 Å². The zero-order valence-corrected chi connectivity index (χ0v) is 13.7. The van der Waals surface area contributed by atoms with Gasteiger partial charge >= 0.3 is 0 Å². The molecule has 0 aromatic carbocycles. The fraction of sp³-hybridized carbons (Fsp3) is 0.706. The SMILES string of the molecule is CN(C)CC[C@@H]1CCCCN1C(=O)c1cnc(C2CC2)nc1. The van der Waals surface area contributed by atoms with Gasteiger partial charge in [0, 0.05) is 30.9 Å². The van der Waals surface area contributed by atoms with E-state index in [1.165, 1.54) is 19.3 Å². The molecular weight excluding hydrogens is 276 g/mol. The van der Waals surface area contributed by atoms with Crippen LogP contribution in [0.15, 0.2) is 12.4 Å². The Morgan fingerprint density at radius 1 is 1.23 bits per heavy atom. The Balaban J connectivity index is 1.67. The largest absolute Gasteiger partial charge is 0.336 e. The van der Waals surface area contributed by atoms with Gasteiger partial charge in [0.1, 0.15) is 5.82 Å². The number of hydrogen-bond donors (Lipinski definition) is 0. The predicted octanol–water partition coefficient (Wildman–Crippen LogP) is 2.30. The maximum absolute atomic E-state index is 12.8. The minimum atomic E-state index is 0.103. The van der Waals surface area contributed by atoms with Crippen molar-refractivity contribution in [1.82, 2.24) is 19.8 Å². The molecule has 0 radical (unpaired) electrons. The molecule has 1 atom stereocenters. The summed E-state index contributed by atoms with van der Waals surface area (Å²) in [7, 11) is 4.17. The maximum Gasteiger partial charge on any atom is 0.257 e. The lowest BCUT2D eigenvalue weighted by Crippen LogP contribution is -2.45. The van der Waals surface area contributed by atoms with Crippen LogP contribution in [-0.4, -0.2) is 58.9 Å². The van der Waals surface area contributed by atoms with Gasteiger partial charge in [0.05, 0.1) is 5.56 Å². The number of piperidine rings is 1. The first-order valence-corrected chi connectivity index (χ1v) is 8.43. The van der Waals surface area contributed by atoms with Gasteiger partial charge in [0.15, 0.2) is 0 Å². The number of aromatic nitrogens is 2. The average molecular weight is 302 g/mol. The number of amides is 1. The van der Waals surface area contributed by atoms with E-state index in [0.717, 1.165) is 38.2 Å². The van der Waals surface area contributed by atoms with E-state index in [1.807, 2.05) is 4.90 Å². The van der Waals surface area contributed by atoms with Gasteiger partial charge in [-0.1, -0.05) is 0 Å². The lowest BCUT2D eigenvalue weighted by Gasteiger charge is -2.36. The Kier molecular flexibility index (Phi) is 4.71. The highest BCUT2D eigenvalue weighted by atomic mass is 16.2. The van der Waals surface area contributed by atoms with Crippen LogP contribution in [0.1, 0.15) is 60.6 Å². The molecule has 1 aliphatic carbocycles. The van der Waals surface area contributed by atoms with Crippen molar-refractivity contribution < 1.29 is 4.79 Å². The number of likely N-dealkylation sites (tertiary alicyclic amines) is 1. The van der Waals surface area contributed by atoms with Gasteiger partial charge in [-0.05, 0) is 59.2 Å². The Bertz CT molecular complexity index is 510. The Morgan fingerprint density at radius 2 is 1.95 bits per heavy atom. The van der Waals surface area contributed by atoms with Gasteiger partial charge in [0.2, 0.25) is 0 Å². The smallest absolute Gasteiger partial charge is 0.257 e. The van der Waals surface area contributed by atoms with E-state index in [0.29, 0.717) is 17.5 Å². The van der Waals surface area contributed by atoms with Gasteiger partial charge in [0.25, 0.3) is 5.91 Å². The normalized spacial score (nSPS) is 22.1. The average Bonchev–Trinajstić information content (AvgIpc) is 3.37. The van der Waals surface area contributed by atoms with Gasteiger partial charge in [-0.25, -0.2) is 9.97 Å². The van der Waals surface area contributed by atoms with E-state index in [2.05, 4.69) is 29.0 Å². The van der Waals surface area contributed by atoms with Crippen molar-refractivity contribution in [3.05, 3.63) is 23.8 Å². The van der Waals surface area contributed by atoms with Crippen molar-refractivity contribution >= 4 is 5.91 Å². The molecule has 1 aliphatic heterocycles. The summed E-state index contributed by atoms with van der Waals surface area (Å²) in [5, 5.41) is 0. The van der Waals surface area contributed by atoms with E-state index < -0.39 is 0 Å². The third kappa shape index (κ3) is 3.64. The van der Waals surface area contributed by atoms with Crippen LogP contribution in [0.25, 0.3) is 0 Å². The van der Waals surface area contributed by atoms with Crippen LogP contribution >= 0.6 is 0 Å². The summed E-state index contributed by atoms with van der Waals surface area (Å²) in [5.74, 6) is 1.54. The molecule has 1 aromatic heterocycles. The number of hydrogen-bond acceptors (Lipinski definition) is 4. The monoisotopic (exact) mass is 302 g/mol. The van der Waals surface area contributed by atoms with Gasteiger partial charge < -0.3 is 9.80 Å². The number of nitrogens with zero attached hydrogens (tertiary/aromatic N) is 4. The molecule has 2 heterocycles. The molecule has 5 nitrogen and oxygen atoms in total. The molecule has 120 valence electrons. The second-order valence-corrected chi connectivity index (χ2v) is 6.84. The standard InChI is InChI=1S/C17H26N4O/c1-20(2)10-8-15-5-3-4-9-21(15)17(22)14-11-18-16(19-12-14)13-6-7-13/h11-13,15H,3-10H2,1-2H3/t15-/m0/s1. The van der Waals surface area contributed by atoms with E-state index in [1.54, 1.807) is 12.4 Å². The zero-order chi connectivity index (χ0) is 15.5. The molecule has 1 saturated carbocycles. The molecule has 0 unspecified atom stereocenters. The molecule has 2 fully saturated rings. The summed E-state index contributed by atoms with van der Waals surface area (Å²) < 4.78 is 0. The minimum Gasteiger partial charge on any atom is -0.336 e. The van der Waals surface area contributed by atoms with E-state index >= 15 is 0 Å². The van der Waals surface area contributed by atoms with Gasteiger partial charge in [-0.3, -0.25) is 4.79 Å². The van der Waals surface area contributed by atoms with Crippen LogP contribution in [0.3, 0.4) is 0 Å². The highest BCUT2D eigenvalue weighted by Gasteiger charge is 2.29. The summed E-state index contributed by atoms with van der Waals surface area (Å²) in [6, 6.07) is 0.353. The molecule has 0 N–H and O–H groups in total. The highest BCUT2D eigenvalue weighted by molar-refractivity contribution is 5.93. The van der Waals surface area contributed by atoms with E-state index in [9.17, 15) is 4.79 Å². The Hall–Kier alpha value is -1.49. The van der Waals surface area contributed by atoms with Crippen LogP contribution in [0.4, 0.5) is 0 Å². The molecule has 22 heavy (non-hydrogen) atoms. The first kappa shape index (κ1) is 15.4. The Morgan fingerprint density at radius 3 is 2.59 bits per heavy atom. The molecule has 0 bridgehead atoms. The summed E-state index contributed by atoms with van der Waals surface area (Å²) >= 11 is 0. The zero-order valence-electron chi connectivity index (χ0n) is 13.7. The molecular formula is C17H26N4O. The first-order valence-electron chi connectivity index (χ1n) is 8.43. The molecule has 1 amide bonds. The van der Waals surface area contributed by atoms with Crippen molar-refractivity contribution in [2.24, 2.45) is 0 Å². The second-order valence-electron chi connectivity index (χ2n) is 6.84. The first-order chi connectivity index (χ1) is 10.6. The lowest BCUT2D eigenvalue weighted by molar-refractivity contribution is 0.0590. The molecule has 2 aliphatic rings.